The Hall–Kier alpha value is -0.340. The minimum absolute atomic E-state index is 0. The molecule has 1 heterocycles. The lowest BCUT2D eigenvalue weighted by molar-refractivity contribution is 0.401. The summed E-state index contributed by atoms with van der Waals surface area (Å²) in [6.45, 7) is 11.0. The van der Waals surface area contributed by atoms with Crippen LogP contribution < -0.4 is 10.6 Å². The fraction of sp³-hybridized carbons (Fsp3) is 0.818. The fourth-order valence-electron chi connectivity index (χ4n) is 1.24. The van der Waals surface area contributed by atoms with Crippen LogP contribution in [0.1, 0.15) is 34.1 Å². The second kappa shape index (κ2) is 11.7. The zero-order chi connectivity index (χ0) is 9.23. The third kappa shape index (κ3) is 8.00. The minimum atomic E-state index is 0. The van der Waals surface area contributed by atoms with Gasteiger partial charge < -0.3 is 10.6 Å². The van der Waals surface area contributed by atoms with Crippen LogP contribution in [0.4, 0.5) is 0 Å². The van der Waals surface area contributed by atoms with E-state index in [1.165, 1.54) is 6.42 Å². The van der Waals surface area contributed by atoms with Gasteiger partial charge in [-0.3, -0.25) is 0 Å². The predicted molar refractivity (Wildman–Crippen MR) is 62.2 cm³/mol. The zero-order valence-electron chi connectivity index (χ0n) is 8.40. The summed E-state index contributed by atoms with van der Waals surface area (Å²) >= 11 is 0. The summed E-state index contributed by atoms with van der Waals surface area (Å²) < 4.78 is 0. The van der Waals surface area contributed by atoms with E-state index in [-0.39, 0.29) is 7.43 Å². The van der Waals surface area contributed by atoms with Gasteiger partial charge in [-0.2, -0.15) is 0 Å². The van der Waals surface area contributed by atoms with Gasteiger partial charge in [0.15, 0.2) is 0 Å². The molecular weight excluding hydrogens is 160 g/mol. The normalized spacial score (nSPS) is 20.6. The lowest BCUT2D eigenvalue weighted by Crippen LogP contribution is -2.48. The van der Waals surface area contributed by atoms with Gasteiger partial charge in [0.25, 0.3) is 0 Å². The molecule has 1 aliphatic heterocycles. The van der Waals surface area contributed by atoms with Crippen LogP contribution in [0.25, 0.3) is 0 Å². The van der Waals surface area contributed by atoms with E-state index in [0.717, 1.165) is 26.1 Å². The quantitative estimate of drug-likeness (QED) is 0.660. The maximum atomic E-state index is 3.70. The maximum Gasteiger partial charge on any atom is 0.0195 e. The van der Waals surface area contributed by atoms with Gasteiger partial charge in [-0.15, -0.1) is 6.58 Å². The Labute approximate surface area is 83.8 Å². The third-order valence-corrected chi connectivity index (χ3v) is 1.84. The maximum absolute atomic E-state index is 3.70. The lowest BCUT2D eigenvalue weighted by atomic mass is 10.1. The highest BCUT2D eigenvalue weighted by Gasteiger charge is 2.09. The van der Waals surface area contributed by atoms with Gasteiger partial charge in [-0.25, -0.2) is 0 Å². The van der Waals surface area contributed by atoms with E-state index >= 15 is 0 Å². The van der Waals surface area contributed by atoms with Crippen LogP contribution in [0.3, 0.4) is 0 Å². The molecule has 1 rings (SSSR count). The van der Waals surface area contributed by atoms with E-state index in [4.69, 9.17) is 0 Å². The topological polar surface area (TPSA) is 24.1 Å². The average Bonchev–Trinajstić information content (AvgIpc) is 2.19. The summed E-state index contributed by atoms with van der Waals surface area (Å²) in [5, 5.41) is 6.79. The standard InChI is InChI=1S/C8H16N2.C2H6.CH4/c1-2-3-4-8-7-9-5-6-10-8;1-2;/h2,8-10H,1,3-7H2;1-2H3;1H4. The molecule has 1 atom stereocenters. The van der Waals surface area contributed by atoms with Crippen molar-refractivity contribution in [2.75, 3.05) is 19.6 Å². The minimum Gasteiger partial charge on any atom is -0.314 e. The van der Waals surface area contributed by atoms with E-state index in [9.17, 15) is 0 Å². The molecule has 0 aromatic heterocycles. The highest BCUT2D eigenvalue weighted by molar-refractivity contribution is 4.78. The molecule has 1 unspecified atom stereocenters. The van der Waals surface area contributed by atoms with Crippen LogP contribution in [-0.4, -0.2) is 25.7 Å². The molecule has 1 saturated heterocycles. The first-order valence-electron chi connectivity index (χ1n) is 4.98. The number of allylic oxidation sites excluding steroid dienone is 1. The molecule has 2 heteroatoms. The molecule has 0 aliphatic carbocycles. The highest BCUT2D eigenvalue weighted by atomic mass is 15.0. The van der Waals surface area contributed by atoms with Crippen molar-refractivity contribution in [2.24, 2.45) is 0 Å². The van der Waals surface area contributed by atoms with E-state index in [0.29, 0.717) is 6.04 Å². The van der Waals surface area contributed by atoms with Crippen molar-refractivity contribution in [3.8, 4) is 0 Å². The van der Waals surface area contributed by atoms with E-state index in [1.54, 1.807) is 0 Å². The molecule has 0 aromatic carbocycles. The summed E-state index contributed by atoms with van der Waals surface area (Å²) in [5.41, 5.74) is 0. The van der Waals surface area contributed by atoms with Crippen molar-refractivity contribution in [2.45, 2.75) is 40.2 Å². The second-order valence-electron chi connectivity index (χ2n) is 2.72. The smallest absolute Gasteiger partial charge is 0.0195 e. The third-order valence-electron chi connectivity index (χ3n) is 1.84. The first-order valence-corrected chi connectivity index (χ1v) is 4.98. The first-order chi connectivity index (χ1) is 5.93. The molecule has 2 N–H and O–H groups in total. The van der Waals surface area contributed by atoms with E-state index < -0.39 is 0 Å². The van der Waals surface area contributed by atoms with Gasteiger partial charge in [-0.1, -0.05) is 27.4 Å². The SMILES string of the molecule is C.C=CCCC1CNCCN1.CC. The highest BCUT2D eigenvalue weighted by Crippen LogP contribution is 1.98. The van der Waals surface area contributed by atoms with Crippen LogP contribution >= 0.6 is 0 Å². The van der Waals surface area contributed by atoms with Crippen molar-refractivity contribution in [3.05, 3.63) is 12.7 Å². The molecular formula is C11H26N2. The average molecular weight is 186 g/mol. The van der Waals surface area contributed by atoms with Gasteiger partial charge in [0.05, 0.1) is 0 Å². The summed E-state index contributed by atoms with van der Waals surface area (Å²) in [6.07, 6.45) is 4.33. The van der Waals surface area contributed by atoms with Gasteiger partial charge in [-0.05, 0) is 12.8 Å². The summed E-state index contributed by atoms with van der Waals surface area (Å²) in [5.74, 6) is 0. The van der Waals surface area contributed by atoms with E-state index in [1.807, 2.05) is 19.9 Å². The Morgan fingerprint density at radius 1 is 1.38 bits per heavy atom. The Kier molecular flexibility index (Phi) is 13.6. The molecule has 1 fully saturated rings. The van der Waals surface area contributed by atoms with Gasteiger partial charge >= 0.3 is 0 Å². The molecule has 1 aliphatic rings. The molecule has 0 radical (unpaired) electrons. The number of hydrogen-bond acceptors (Lipinski definition) is 2. The second-order valence-corrected chi connectivity index (χ2v) is 2.72. The van der Waals surface area contributed by atoms with Crippen molar-refractivity contribution >= 4 is 0 Å². The van der Waals surface area contributed by atoms with Gasteiger partial charge in [0.1, 0.15) is 0 Å². The summed E-state index contributed by atoms with van der Waals surface area (Å²) in [7, 11) is 0. The molecule has 2 nitrogen and oxygen atoms in total. The molecule has 80 valence electrons. The van der Waals surface area contributed by atoms with Crippen molar-refractivity contribution < 1.29 is 0 Å². The molecule has 0 aromatic rings. The largest absolute Gasteiger partial charge is 0.314 e. The fourth-order valence-corrected chi connectivity index (χ4v) is 1.24. The Morgan fingerprint density at radius 3 is 2.54 bits per heavy atom. The van der Waals surface area contributed by atoms with Crippen LogP contribution in [0.5, 0.6) is 0 Å². The number of rotatable bonds is 3. The van der Waals surface area contributed by atoms with Crippen LogP contribution in [0.2, 0.25) is 0 Å². The summed E-state index contributed by atoms with van der Waals surface area (Å²) in [6, 6.07) is 0.673. The molecule has 0 spiro atoms. The van der Waals surface area contributed by atoms with Crippen molar-refractivity contribution in [1.29, 1.82) is 0 Å². The number of piperazine rings is 1. The van der Waals surface area contributed by atoms with Gasteiger partial charge in [0, 0.05) is 25.7 Å². The first kappa shape index (κ1) is 15.1. The van der Waals surface area contributed by atoms with E-state index in [2.05, 4.69) is 17.2 Å². The van der Waals surface area contributed by atoms with Gasteiger partial charge in [0.2, 0.25) is 0 Å². The summed E-state index contributed by atoms with van der Waals surface area (Å²) in [4.78, 5) is 0. The monoisotopic (exact) mass is 186 g/mol. The Balaban J connectivity index is 0. The van der Waals surface area contributed by atoms with Crippen LogP contribution in [0.15, 0.2) is 12.7 Å². The van der Waals surface area contributed by atoms with Crippen molar-refractivity contribution in [3.63, 3.8) is 0 Å². The molecule has 13 heavy (non-hydrogen) atoms. The Bertz CT molecular complexity index is 96.3. The van der Waals surface area contributed by atoms with Crippen molar-refractivity contribution in [1.82, 2.24) is 10.6 Å². The van der Waals surface area contributed by atoms with Crippen LogP contribution in [-0.2, 0) is 0 Å². The number of hydrogen-bond donors (Lipinski definition) is 2. The molecule has 0 amide bonds. The molecule has 0 bridgehead atoms. The Morgan fingerprint density at radius 2 is 2.08 bits per heavy atom. The molecule has 0 saturated carbocycles. The predicted octanol–water partition coefficient (Wildman–Crippen LogP) is 2.18. The zero-order valence-corrected chi connectivity index (χ0v) is 8.40. The lowest BCUT2D eigenvalue weighted by Gasteiger charge is -2.23. The number of nitrogens with one attached hydrogen (secondary N) is 2. The van der Waals surface area contributed by atoms with Crippen LogP contribution in [0, 0.1) is 0 Å².